The Morgan fingerprint density at radius 2 is 0.745 bits per heavy atom. The molecule has 8 aromatic rings. The number of hydrogen-bond acceptors (Lipinski definition) is 6. The van der Waals surface area contributed by atoms with Crippen LogP contribution in [-0.2, 0) is 20.4 Å². The van der Waals surface area contributed by atoms with E-state index in [-0.39, 0.29) is 20.4 Å². The van der Waals surface area contributed by atoms with Gasteiger partial charge < -0.3 is 19.4 Å². The normalized spacial score (nSPS) is 10.2. The largest absolute Gasteiger partial charge is 2.00 e. The molecule has 4 heterocycles. The second-order valence-electron chi connectivity index (χ2n) is 11.0. The summed E-state index contributed by atoms with van der Waals surface area (Å²) >= 11 is 0. The van der Waals surface area contributed by atoms with Crippen LogP contribution in [0.4, 0.5) is 0 Å². The maximum Gasteiger partial charge on any atom is 2.00 e. The van der Waals surface area contributed by atoms with E-state index in [9.17, 15) is 0 Å². The summed E-state index contributed by atoms with van der Waals surface area (Å²) in [6, 6.07) is 57.2. The first kappa shape index (κ1) is 34.6. The van der Waals surface area contributed by atoms with Gasteiger partial charge in [-0.3, -0.25) is 9.97 Å². The maximum atomic E-state index is 6.05. The molecule has 0 saturated heterocycles. The predicted octanol–water partition coefficient (Wildman–Crippen LogP) is 10.8. The summed E-state index contributed by atoms with van der Waals surface area (Å²) in [6.45, 7) is 0. The van der Waals surface area contributed by atoms with Gasteiger partial charge in [0.05, 0.1) is 11.4 Å². The number of benzene rings is 4. The van der Waals surface area contributed by atoms with Crippen LogP contribution in [0.25, 0.3) is 45.0 Å². The van der Waals surface area contributed by atoms with Crippen LogP contribution >= 0.6 is 0 Å². The number of pyridine rings is 4. The molecule has 7 heteroatoms. The Bertz CT molecular complexity index is 1950. The minimum Gasteiger partial charge on any atom is -0.497 e. The molecule has 0 spiro atoms. The van der Waals surface area contributed by atoms with Gasteiger partial charge >= 0.3 is 20.4 Å². The van der Waals surface area contributed by atoms with E-state index in [1.807, 2.05) is 158 Å². The summed E-state index contributed by atoms with van der Waals surface area (Å²) in [5.41, 5.74) is 7.40. The van der Waals surface area contributed by atoms with Gasteiger partial charge in [-0.2, -0.15) is 0 Å². The first-order valence-electron chi connectivity index (χ1n) is 16.0. The Hall–Kier alpha value is -6.26. The van der Waals surface area contributed by atoms with Gasteiger partial charge in [0.2, 0.25) is 0 Å². The molecular weight excluding hydrogens is 723 g/mol. The molecule has 4 aromatic heterocycles. The van der Waals surface area contributed by atoms with Gasteiger partial charge in [0.1, 0.15) is 11.5 Å². The molecule has 0 saturated carbocycles. The van der Waals surface area contributed by atoms with E-state index in [4.69, 9.17) is 9.47 Å². The molecule has 0 bridgehead atoms. The van der Waals surface area contributed by atoms with Crippen LogP contribution < -0.4 is 9.47 Å². The summed E-state index contributed by atoms with van der Waals surface area (Å²) in [5.74, 6) is 2.80. The van der Waals surface area contributed by atoms with E-state index in [0.717, 1.165) is 56.5 Å². The van der Waals surface area contributed by atoms with Crippen LogP contribution in [0.15, 0.2) is 183 Å². The first-order chi connectivity index (χ1) is 24.8. The number of aromatic nitrogens is 4. The Labute approximate surface area is 311 Å². The SMILES string of the molecule is [Pd+2].[c-]1c(Oc2[c-]c(-c3ccccn3)ccc2)cccc1-c1ccccn1.c1ccc(-c2cccc(Oc3cccc(-c4ccccn4)c3)c2)nc1. The molecule has 0 aliphatic rings. The van der Waals surface area contributed by atoms with Gasteiger partial charge in [-0.15, -0.1) is 47.5 Å². The molecule has 0 unspecified atom stereocenters. The van der Waals surface area contributed by atoms with Gasteiger partial charge in [-0.25, -0.2) is 0 Å². The molecule has 8 rings (SSSR count). The fraction of sp³-hybridized carbons (Fsp3) is 0. The van der Waals surface area contributed by atoms with Gasteiger partial charge in [-0.1, -0.05) is 72.8 Å². The number of nitrogens with zero attached hydrogens (tertiary/aromatic N) is 4. The van der Waals surface area contributed by atoms with Crippen molar-refractivity contribution in [1.82, 2.24) is 19.9 Å². The van der Waals surface area contributed by atoms with Crippen molar-refractivity contribution in [1.29, 1.82) is 0 Å². The maximum absolute atomic E-state index is 6.05. The predicted molar refractivity (Wildman–Crippen MR) is 197 cm³/mol. The number of hydrogen-bond donors (Lipinski definition) is 0. The monoisotopic (exact) mass is 752 g/mol. The van der Waals surface area contributed by atoms with Crippen molar-refractivity contribution in [2.75, 3.05) is 0 Å². The third kappa shape index (κ3) is 9.46. The average Bonchev–Trinajstić information content (AvgIpc) is 3.20. The Morgan fingerprint density at radius 1 is 0.353 bits per heavy atom. The summed E-state index contributed by atoms with van der Waals surface area (Å²) in [4.78, 5) is 17.5. The summed E-state index contributed by atoms with van der Waals surface area (Å²) in [6.07, 6.45) is 7.11. The van der Waals surface area contributed by atoms with Crippen LogP contribution in [0, 0.1) is 12.1 Å². The zero-order valence-electron chi connectivity index (χ0n) is 27.2. The quantitative estimate of drug-likeness (QED) is 0.114. The standard InChI is InChI=1S/C22H16N2O.C22H14N2O.Pd/c2*1-3-13-23-21(11-1)17-7-5-9-19(15-17)25-20-10-6-8-18(16-20)22-12-2-4-14-24-22;/h1-16H;1-14H;/q;-2;+2. The molecule has 6 nitrogen and oxygen atoms in total. The van der Waals surface area contributed by atoms with Crippen LogP contribution in [0.1, 0.15) is 0 Å². The molecule has 0 radical (unpaired) electrons. The Kier molecular flexibility index (Phi) is 11.8. The number of rotatable bonds is 8. The molecule has 4 aromatic carbocycles. The van der Waals surface area contributed by atoms with E-state index in [0.29, 0.717) is 11.5 Å². The third-order valence-corrected chi connectivity index (χ3v) is 7.46. The van der Waals surface area contributed by atoms with E-state index >= 15 is 0 Å². The topological polar surface area (TPSA) is 70.0 Å². The number of ether oxygens (including phenoxy) is 2. The molecule has 0 N–H and O–H groups in total. The molecule has 0 aliphatic heterocycles. The Morgan fingerprint density at radius 3 is 1.14 bits per heavy atom. The fourth-order valence-corrected chi connectivity index (χ4v) is 5.12. The summed E-state index contributed by atoms with van der Waals surface area (Å²) < 4.78 is 12.0. The van der Waals surface area contributed by atoms with E-state index < -0.39 is 0 Å². The minimum absolute atomic E-state index is 0. The van der Waals surface area contributed by atoms with Crippen LogP contribution in [0.2, 0.25) is 0 Å². The van der Waals surface area contributed by atoms with Gasteiger partial charge in [-0.05, 0) is 72.1 Å². The second-order valence-corrected chi connectivity index (χ2v) is 11.0. The molecule has 0 aliphatic carbocycles. The van der Waals surface area contributed by atoms with Crippen LogP contribution in [-0.4, -0.2) is 19.9 Å². The van der Waals surface area contributed by atoms with Crippen molar-refractivity contribution in [3.63, 3.8) is 0 Å². The molecular formula is C44H30N4O2Pd. The average molecular weight is 753 g/mol. The minimum atomic E-state index is 0. The van der Waals surface area contributed by atoms with Crippen molar-refractivity contribution in [3.8, 4) is 68.0 Å². The third-order valence-electron chi connectivity index (χ3n) is 7.46. The Balaban J connectivity index is 0.000000172. The van der Waals surface area contributed by atoms with Crippen molar-refractivity contribution < 1.29 is 29.9 Å². The molecule has 0 atom stereocenters. The molecule has 0 fully saturated rings. The van der Waals surface area contributed by atoms with E-state index in [1.165, 1.54) is 0 Å². The van der Waals surface area contributed by atoms with Crippen molar-refractivity contribution in [2.24, 2.45) is 0 Å². The zero-order chi connectivity index (χ0) is 33.8. The summed E-state index contributed by atoms with van der Waals surface area (Å²) in [7, 11) is 0. The van der Waals surface area contributed by atoms with Crippen molar-refractivity contribution in [2.45, 2.75) is 0 Å². The fourth-order valence-electron chi connectivity index (χ4n) is 5.12. The van der Waals surface area contributed by atoms with Crippen LogP contribution in [0.5, 0.6) is 23.0 Å². The molecule has 248 valence electrons. The van der Waals surface area contributed by atoms with Crippen molar-refractivity contribution >= 4 is 0 Å². The van der Waals surface area contributed by atoms with Crippen molar-refractivity contribution in [3.05, 3.63) is 195 Å². The summed E-state index contributed by atoms with van der Waals surface area (Å²) in [5, 5.41) is 0. The van der Waals surface area contributed by atoms with Gasteiger partial charge in [0.25, 0.3) is 0 Å². The smallest absolute Gasteiger partial charge is 0.497 e. The molecule has 0 amide bonds. The first-order valence-corrected chi connectivity index (χ1v) is 16.0. The zero-order valence-corrected chi connectivity index (χ0v) is 28.8. The van der Waals surface area contributed by atoms with E-state index in [1.54, 1.807) is 24.8 Å². The van der Waals surface area contributed by atoms with Gasteiger partial charge in [0.15, 0.2) is 0 Å². The second kappa shape index (κ2) is 17.4. The van der Waals surface area contributed by atoms with Gasteiger partial charge in [0, 0.05) is 47.4 Å². The molecule has 51 heavy (non-hydrogen) atoms. The van der Waals surface area contributed by atoms with E-state index in [2.05, 4.69) is 32.1 Å². The van der Waals surface area contributed by atoms with Crippen LogP contribution in [0.3, 0.4) is 0 Å².